The number of rotatable bonds is 11. The van der Waals surface area contributed by atoms with Crippen molar-refractivity contribution < 1.29 is 23.7 Å². The van der Waals surface area contributed by atoms with E-state index >= 15 is 0 Å². The fraction of sp³-hybridized carbons (Fsp3) is 0.312. The normalized spacial score (nSPS) is 18.6. The minimum Gasteiger partial charge on any atom is -0.496 e. The van der Waals surface area contributed by atoms with Gasteiger partial charge in [-0.25, -0.2) is 9.97 Å². The number of aromatic nitrogens is 3. The molecule has 43 heavy (non-hydrogen) atoms. The highest BCUT2D eigenvalue weighted by Crippen LogP contribution is 2.33. The van der Waals surface area contributed by atoms with Crippen LogP contribution in [-0.4, -0.2) is 77.8 Å². The molecule has 4 aromatic rings. The lowest BCUT2D eigenvalue weighted by Gasteiger charge is -2.24. The number of nitrogens with zero attached hydrogens (tertiary/aromatic N) is 4. The van der Waals surface area contributed by atoms with Gasteiger partial charge < -0.3 is 24.3 Å². The number of hydrogen-bond acceptors (Lipinski definition) is 10. The third kappa shape index (κ3) is 7.11. The third-order valence-electron chi connectivity index (χ3n) is 7.40. The van der Waals surface area contributed by atoms with Crippen molar-refractivity contribution >= 4 is 39.8 Å². The number of nitrogens with one attached hydrogen (secondary N) is 1. The number of pyridine rings is 1. The Bertz CT molecular complexity index is 1610. The van der Waals surface area contributed by atoms with Gasteiger partial charge in [-0.05, 0) is 42.5 Å². The van der Waals surface area contributed by atoms with E-state index in [0.29, 0.717) is 54.2 Å². The van der Waals surface area contributed by atoms with Gasteiger partial charge >= 0.3 is 0 Å². The van der Waals surface area contributed by atoms with Crippen LogP contribution in [0.1, 0.15) is 11.3 Å². The molecule has 1 N–H and O–H groups in total. The van der Waals surface area contributed by atoms with Crippen LogP contribution in [0.5, 0.6) is 11.5 Å². The number of hydrogen-bond donors (Lipinski definition) is 1. The van der Waals surface area contributed by atoms with E-state index in [-0.39, 0.29) is 24.4 Å². The quantitative estimate of drug-likeness (QED) is 0.241. The summed E-state index contributed by atoms with van der Waals surface area (Å²) in [6, 6.07) is 14.8. The molecule has 11 heteroatoms. The van der Waals surface area contributed by atoms with Gasteiger partial charge in [0, 0.05) is 55.0 Å². The molecule has 0 aliphatic carbocycles. The topological polar surface area (TPSA) is 108 Å². The van der Waals surface area contributed by atoms with Crippen molar-refractivity contribution in [3.05, 3.63) is 89.5 Å². The van der Waals surface area contributed by atoms with Crippen LogP contribution >= 0.6 is 11.6 Å². The van der Waals surface area contributed by atoms with E-state index in [2.05, 4.69) is 25.2 Å². The Hall–Kier alpha value is -4.09. The predicted octanol–water partition coefficient (Wildman–Crippen LogP) is 4.78. The first-order chi connectivity index (χ1) is 21.1. The van der Waals surface area contributed by atoms with E-state index < -0.39 is 0 Å². The van der Waals surface area contributed by atoms with Crippen molar-refractivity contribution in [1.82, 2.24) is 19.9 Å². The summed E-state index contributed by atoms with van der Waals surface area (Å²) in [6.45, 7) is 3.87. The molecule has 222 valence electrons. The molecule has 4 heterocycles. The predicted molar refractivity (Wildman–Crippen MR) is 163 cm³/mol. The van der Waals surface area contributed by atoms with Gasteiger partial charge in [0.05, 0.1) is 48.8 Å². The van der Waals surface area contributed by atoms with Gasteiger partial charge in [-0.15, -0.1) is 0 Å². The van der Waals surface area contributed by atoms with Gasteiger partial charge in [0.2, 0.25) is 0 Å². The van der Waals surface area contributed by atoms with E-state index in [4.69, 9.17) is 30.5 Å². The number of ketones is 1. The number of fused-ring (bicyclic) bond motifs is 2. The highest BCUT2D eigenvalue weighted by molar-refractivity contribution is 6.32. The molecule has 0 saturated carbocycles. The Morgan fingerprint density at radius 2 is 1.91 bits per heavy atom. The number of ether oxygens (including phenoxy) is 4. The van der Waals surface area contributed by atoms with Crippen LogP contribution in [0, 0.1) is 0 Å². The molecule has 0 bridgehead atoms. The van der Waals surface area contributed by atoms with Crippen molar-refractivity contribution in [2.24, 2.45) is 0 Å². The van der Waals surface area contributed by atoms with Crippen molar-refractivity contribution in [3.63, 3.8) is 0 Å². The third-order valence-corrected chi connectivity index (χ3v) is 7.70. The second-order valence-electron chi connectivity index (χ2n) is 10.4. The fourth-order valence-corrected chi connectivity index (χ4v) is 5.53. The molecule has 2 atom stereocenters. The fourth-order valence-electron chi connectivity index (χ4n) is 5.29. The average Bonchev–Trinajstić information content (AvgIpc) is 3.44. The van der Waals surface area contributed by atoms with E-state index in [0.717, 1.165) is 35.4 Å². The molecule has 0 radical (unpaired) electrons. The zero-order valence-electron chi connectivity index (χ0n) is 23.7. The molecule has 2 aromatic heterocycles. The summed E-state index contributed by atoms with van der Waals surface area (Å²) in [5, 5.41) is 4.53. The Morgan fingerprint density at radius 1 is 1.07 bits per heavy atom. The number of benzene rings is 2. The first-order valence-electron chi connectivity index (χ1n) is 14.1. The lowest BCUT2D eigenvalue weighted by molar-refractivity contribution is -0.116. The SMILES string of the molecule is COc1cc2ncnc(Nc3ccc(OCc4ccccn4)c(Cl)c3)c2cc1CC(=O)/C=C/CN1C[C@@H]2OCCO[C@@H]2C1. The van der Waals surface area contributed by atoms with E-state index in [1.54, 1.807) is 31.5 Å². The largest absolute Gasteiger partial charge is 0.496 e. The lowest BCUT2D eigenvalue weighted by Crippen LogP contribution is -2.36. The maximum atomic E-state index is 12.9. The zero-order valence-corrected chi connectivity index (χ0v) is 24.5. The Kier molecular flexibility index (Phi) is 9.09. The Morgan fingerprint density at radius 3 is 2.65 bits per heavy atom. The summed E-state index contributed by atoms with van der Waals surface area (Å²) in [5.74, 6) is 1.69. The van der Waals surface area contributed by atoms with Crippen LogP contribution in [0.3, 0.4) is 0 Å². The smallest absolute Gasteiger partial charge is 0.159 e. The maximum Gasteiger partial charge on any atom is 0.159 e. The number of halogens is 1. The summed E-state index contributed by atoms with van der Waals surface area (Å²) >= 11 is 6.52. The molecule has 2 saturated heterocycles. The van der Waals surface area contributed by atoms with Crippen LogP contribution in [0.15, 0.2) is 73.2 Å². The molecule has 2 aliphatic heterocycles. The Labute approximate surface area is 254 Å². The number of likely N-dealkylation sites (tertiary alicyclic amines) is 1. The number of methoxy groups -OCH3 is 1. The van der Waals surface area contributed by atoms with E-state index in [1.807, 2.05) is 42.5 Å². The average molecular weight is 602 g/mol. The molecule has 6 rings (SSSR count). The first kappa shape index (κ1) is 29.0. The monoisotopic (exact) mass is 601 g/mol. The van der Waals surface area contributed by atoms with Gasteiger partial charge in [0.1, 0.15) is 30.3 Å². The molecule has 2 aliphatic rings. The number of carbonyl (C=O) groups is 1. The van der Waals surface area contributed by atoms with Gasteiger partial charge in [-0.1, -0.05) is 23.7 Å². The van der Waals surface area contributed by atoms with Crippen LogP contribution in [0.2, 0.25) is 5.02 Å². The first-order valence-corrected chi connectivity index (χ1v) is 14.5. The van der Waals surface area contributed by atoms with Crippen LogP contribution < -0.4 is 14.8 Å². The summed E-state index contributed by atoms with van der Waals surface area (Å²) in [7, 11) is 1.59. The van der Waals surface area contributed by atoms with Gasteiger partial charge in [-0.2, -0.15) is 0 Å². The molecular formula is C32H32ClN5O5. The molecule has 0 amide bonds. The minimum atomic E-state index is -0.0267. The van der Waals surface area contributed by atoms with Crippen molar-refractivity contribution in [3.8, 4) is 11.5 Å². The molecule has 2 aromatic carbocycles. The number of anilines is 2. The summed E-state index contributed by atoms with van der Waals surface area (Å²) in [6.07, 6.45) is 7.14. The van der Waals surface area contributed by atoms with Gasteiger partial charge in [0.25, 0.3) is 0 Å². The number of carbonyl (C=O) groups excluding carboxylic acids is 1. The highest BCUT2D eigenvalue weighted by atomic mass is 35.5. The minimum absolute atomic E-state index is 0.0267. The maximum absolute atomic E-state index is 12.9. The van der Waals surface area contributed by atoms with Crippen LogP contribution in [0.25, 0.3) is 10.9 Å². The van der Waals surface area contributed by atoms with E-state index in [9.17, 15) is 4.79 Å². The molecule has 0 unspecified atom stereocenters. The molecule has 10 nitrogen and oxygen atoms in total. The van der Waals surface area contributed by atoms with Gasteiger partial charge in [-0.3, -0.25) is 14.7 Å². The van der Waals surface area contributed by atoms with Crippen molar-refractivity contribution in [2.75, 3.05) is 45.3 Å². The molecule has 2 fully saturated rings. The summed E-state index contributed by atoms with van der Waals surface area (Å²) < 4.78 is 23.0. The second kappa shape index (κ2) is 13.5. The summed E-state index contributed by atoms with van der Waals surface area (Å²) in [5.41, 5.74) is 2.96. The van der Waals surface area contributed by atoms with Crippen LogP contribution in [0.4, 0.5) is 11.5 Å². The number of allylic oxidation sites excluding steroid dienone is 1. The molecule has 0 spiro atoms. The standard InChI is InChI=1S/C32H32ClN5O5/c1-40-29-16-27-25(14-21(29)13-24(39)6-4-10-38-17-30-31(18-38)42-12-11-41-30)32(36-20-35-27)37-22-7-8-28(26(33)15-22)43-19-23-5-2-3-9-34-23/h2-9,14-16,20,30-31H,10-13,17-19H2,1H3,(H,35,36,37)/b6-4+/t30-,31+. The van der Waals surface area contributed by atoms with Gasteiger partial charge in [0.15, 0.2) is 5.78 Å². The van der Waals surface area contributed by atoms with Crippen molar-refractivity contribution in [2.45, 2.75) is 25.2 Å². The zero-order chi connectivity index (χ0) is 29.6. The van der Waals surface area contributed by atoms with Crippen LogP contribution in [-0.2, 0) is 27.3 Å². The molecular weight excluding hydrogens is 570 g/mol. The Balaban J connectivity index is 1.13. The van der Waals surface area contributed by atoms with Crippen molar-refractivity contribution in [1.29, 1.82) is 0 Å². The van der Waals surface area contributed by atoms with E-state index in [1.165, 1.54) is 6.33 Å². The summed E-state index contributed by atoms with van der Waals surface area (Å²) in [4.78, 5) is 28.3. The lowest BCUT2D eigenvalue weighted by atomic mass is 10.0. The second-order valence-corrected chi connectivity index (χ2v) is 10.8. The highest BCUT2D eigenvalue weighted by Gasteiger charge is 2.35.